The summed E-state index contributed by atoms with van der Waals surface area (Å²) in [7, 11) is 1.26. The van der Waals surface area contributed by atoms with E-state index in [1.807, 2.05) is 0 Å². The van der Waals surface area contributed by atoms with Crippen LogP contribution in [0.4, 0.5) is 11.4 Å². The molecule has 9 heteroatoms. The van der Waals surface area contributed by atoms with Crippen LogP contribution in [0.25, 0.3) is 6.08 Å². The molecule has 3 rings (SSSR count). The summed E-state index contributed by atoms with van der Waals surface area (Å²) in [6, 6.07) is 11.1. The Kier molecular flexibility index (Phi) is 4.59. The fourth-order valence-corrected chi connectivity index (χ4v) is 2.80. The van der Waals surface area contributed by atoms with Gasteiger partial charge in [-0.25, -0.2) is 5.01 Å². The first-order valence-corrected chi connectivity index (χ1v) is 7.74. The highest BCUT2D eigenvalue weighted by Gasteiger charge is 2.34. The quantitative estimate of drug-likeness (QED) is 0.384. The Bertz CT molecular complexity index is 943. The monoisotopic (exact) mass is 373 g/mol. The van der Waals surface area contributed by atoms with Crippen molar-refractivity contribution in [2.75, 3.05) is 12.1 Å². The molecule has 0 bridgehead atoms. The predicted molar refractivity (Wildman–Crippen MR) is 94.7 cm³/mol. The van der Waals surface area contributed by atoms with Gasteiger partial charge in [0.25, 0.3) is 11.8 Å². The first kappa shape index (κ1) is 17.4. The van der Waals surface area contributed by atoms with Crippen LogP contribution in [0.15, 0.2) is 48.0 Å². The Hall–Kier alpha value is -3.39. The van der Waals surface area contributed by atoms with E-state index in [9.17, 15) is 19.7 Å². The molecule has 1 fully saturated rings. The minimum absolute atomic E-state index is 0.000630. The van der Waals surface area contributed by atoms with Crippen LogP contribution < -0.4 is 15.2 Å². The maximum atomic E-state index is 12.5. The van der Waals surface area contributed by atoms with Crippen LogP contribution in [-0.4, -0.2) is 23.8 Å². The molecule has 132 valence electrons. The Morgan fingerprint density at radius 2 is 1.92 bits per heavy atom. The summed E-state index contributed by atoms with van der Waals surface area (Å²) in [5.74, 6) is -1.28. The number of hydrogen-bond acceptors (Lipinski definition) is 5. The van der Waals surface area contributed by atoms with E-state index in [1.54, 1.807) is 30.3 Å². The molecule has 0 radical (unpaired) electrons. The van der Waals surface area contributed by atoms with E-state index < -0.39 is 16.7 Å². The van der Waals surface area contributed by atoms with Gasteiger partial charge in [-0.15, -0.1) is 0 Å². The van der Waals surface area contributed by atoms with Gasteiger partial charge < -0.3 is 4.74 Å². The van der Waals surface area contributed by atoms with Gasteiger partial charge in [-0.05, 0) is 29.8 Å². The molecule has 0 aromatic heterocycles. The summed E-state index contributed by atoms with van der Waals surface area (Å²) in [5, 5.41) is 12.3. The Balaban J connectivity index is 2.01. The summed E-state index contributed by atoms with van der Waals surface area (Å²) in [5.41, 5.74) is 2.65. The molecule has 0 saturated carbocycles. The summed E-state index contributed by atoms with van der Waals surface area (Å²) in [6.45, 7) is 0. The molecule has 1 N–H and O–H groups in total. The Morgan fingerprint density at radius 1 is 1.23 bits per heavy atom. The topological polar surface area (TPSA) is 102 Å². The lowest BCUT2D eigenvalue weighted by molar-refractivity contribution is -0.385. The van der Waals surface area contributed by atoms with E-state index in [0.29, 0.717) is 5.69 Å². The fraction of sp³-hybridized carbons (Fsp3) is 0.0588. The third kappa shape index (κ3) is 3.09. The van der Waals surface area contributed by atoms with Crippen LogP contribution in [-0.2, 0) is 9.59 Å². The van der Waals surface area contributed by atoms with E-state index in [2.05, 4.69) is 5.43 Å². The highest BCUT2D eigenvalue weighted by atomic mass is 35.5. The number of benzene rings is 2. The van der Waals surface area contributed by atoms with Crippen molar-refractivity contribution in [2.24, 2.45) is 0 Å². The molecule has 1 saturated heterocycles. The number of rotatable bonds is 4. The molecule has 1 heterocycles. The lowest BCUT2D eigenvalue weighted by atomic mass is 10.1. The predicted octanol–water partition coefficient (Wildman–Crippen LogP) is 2.72. The summed E-state index contributed by atoms with van der Waals surface area (Å²) < 4.78 is 4.93. The van der Waals surface area contributed by atoms with E-state index in [4.69, 9.17) is 16.3 Å². The number of carbonyl (C=O) groups is 2. The average Bonchev–Trinajstić information content (AvgIpc) is 2.90. The number of para-hydroxylation sites is 1. The van der Waals surface area contributed by atoms with Crippen LogP contribution in [0.2, 0.25) is 5.02 Å². The van der Waals surface area contributed by atoms with E-state index >= 15 is 0 Å². The third-order valence-corrected chi connectivity index (χ3v) is 3.94. The smallest absolute Gasteiger partial charge is 0.313 e. The minimum atomic E-state index is -0.653. The van der Waals surface area contributed by atoms with Gasteiger partial charge in [-0.1, -0.05) is 29.8 Å². The second-order valence-electron chi connectivity index (χ2n) is 5.29. The maximum absolute atomic E-state index is 12.5. The molecule has 0 aliphatic carbocycles. The van der Waals surface area contributed by atoms with Crippen molar-refractivity contribution in [3.8, 4) is 5.75 Å². The number of hydrazine groups is 1. The standard InChI is InChI=1S/C17H12ClN3O5/c1-26-15-13(18)8-10(9-14(15)21(24)25)7-12-16(22)19-20(17(12)23)11-5-3-2-4-6-11/h2-9H,1H3,(H,19,22)/b12-7-. The van der Waals surface area contributed by atoms with Crippen molar-refractivity contribution in [3.63, 3.8) is 0 Å². The maximum Gasteiger partial charge on any atom is 0.313 e. The van der Waals surface area contributed by atoms with Crippen LogP contribution in [0.3, 0.4) is 0 Å². The number of nitro groups is 1. The molecule has 2 aromatic carbocycles. The highest BCUT2D eigenvalue weighted by molar-refractivity contribution is 6.33. The van der Waals surface area contributed by atoms with E-state index in [1.165, 1.54) is 25.3 Å². The molecule has 1 aliphatic rings. The average molecular weight is 374 g/mol. The molecule has 0 spiro atoms. The molecule has 8 nitrogen and oxygen atoms in total. The number of nitrogens with one attached hydrogen (secondary N) is 1. The Morgan fingerprint density at radius 3 is 2.54 bits per heavy atom. The summed E-state index contributed by atoms with van der Waals surface area (Å²) >= 11 is 6.01. The number of ether oxygens (including phenoxy) is 1. The number of amides is 2. The number of hydrogen-bond donors (Lipinski definition) is 1. The van der Waals surface area contributed by atoms with Gasteiger partial charge in [-0.3, -0.25) is 25.1 Å². The van der Waals surface area contributed by atoms with Crippen molar-refractivity contribution in [3.05, 3.63) is 68.7 Å². The number of halogens is 1. The largest absolute Gasteiger partial charge is 0.489 e. The van der Waals surface area contributed by atoms with E-state index in [0.717, 1.165) is 5.01 Å². The van der Waals surface area contributed by atoms with E-state index in [-0.39, 0.29) is 27.6 Å². The zero-order chi connectivity index (χ0) is 18.8. The molecule has 26 heavy (non-hydrogen) atoms. The van der Waals surface area contributed by atoms with Crippen molar-refractivity contribution in [2.45, 2.75) is 0 Å². The van der Waals surface area contributed by atoms with Gasteiger partial charge in [0, 0.05) is 6.07 Å². The first-order valence-electron chi connectivity index (χ1n) is 7.36. The van der Waals surface area contributed by atoms with Crippen LogP contribution >= 0.6 is 11.6 Å². The first-order chi connectivity index (χ1) is 12.4. The second kappa shape index (κ2) is 6.85. The Labute approximate surface area is 152 Å². The second-order valence-corrected chi connectivity index (χ2v) is 5.69. The third-order valence-electron chi connectivity index (χ3n) is 3.66. The summed E-state index contributed by atoms with van der Waals surface area (Å²) in [6.07, 6.45) is 1.25. The van der Waals surface area contributed by atoms with Crippen LogP contribution in [0.1, 0.15) is 5.56 Å². The molecule has 2 aromatic rings. The SMILES string of the molecule is COc1c(Cl)cc(/C=C2/C(=O)NN(c3ccccc3)C2=O)cc1[N+](=O)[O-]. The molecular formula is C17H12ClN3O5. The number of anilines is 1. The lowest BCUT2D eigenvalue weighted by Crippen LogP contribution is -2.35. The van der Waals surface area contributed by atoms with Gasteiger partial charge in [0.05, 0.1) is 22.7 Å². The van der Waals surface area contributed by atoms with Gasteiger partial charge in [0.1, 0.15) is 5.57 Å². The molecular weight excluding hydrogens is 362 g/mol. The fourth-order valence-electron chi connectivity index (χ4n) is 2.50. The molecule has 0 unspecified atom stereocenters. The number of nitrogens with zero attached hydrogens (tertiary/aromatic N) is 2. The van der Waals surface area contributed by atoms with Gasteiger partial charge in [-0.2, -0.15) is 0 Å². The van der Waals surface area contributed by atoms with Crippen molar-refractivity contribution >= 4 is 40.9 Å². The molecule has 2 amide bonds. The highest BCUT2D eigenvalue weighted by Crippen LogP contribution is 2.36. The summed E-state index contributed by atoms with van der Waals surface area (Å²) in [4.78, 5) is 35.2. The van der Waals surface area contributed by atoms with Crippen LogP contribution in [0.5, 0.6) is 5.75 Å². The number of methoxy groups -OCH3 is 1. The van der Waals surface area contributed by atoms with Gasteiger partial charge in [0.15, 0.2) is 0 Å². The minimum Gasteiger partial charge on any atom is -0.489 e. The normalized spacial score (nSPS) is 15.3. The number of nitro benzene ring substituents is 1. The lowest BCUT2D eigenvalue weighted by Gasteiger charge is -2.13. The number of carbonyl (C=O) groups excluding carboxylic acids is 2. The zero-order valence-electron chi connectivity index (χ0n) is 13.4. The molecule has 0 atom stereocenters. The van der Waals surface area contributed by atoms with Crippen LogP contribution in [0, 0.1) is 10.1 Å². The zero-order valence-corrected chi connectivity index (χ0v) is 14.2. The van der Waals surface area contributed by atoms with Crippen molar-refractivity contribution < 1.29 is 19.2 Å². The van der Waals surface area contributed by atoms with Gasteiger partial charge >= 0.3 is 5.69 Å². The molecule has 1 aliphatic heterocycles. The van der Waals surface area contributed by atoms with Crippen molar-refractivity contribution in [1.82, 2.24) is 5.43 Å². The van der Waals surface area contributed by atoms with Gasteiger partial charge in [0.2, 0.25) is 5.75 Å². The van der Waals surface area contributed by atoms with Crippen molar-refractivity contribution in [1.29, 1.82) is 0 Å².